The first kappa shape index (κ1) is 10.5. The first-order valence-corrected chi connectivity index (χ1v) is 5.28. The summed E-state index contributed by atoms with van der Waals surface area (Å²) in [7, 11) is 0. The zero-order valence-electron chi connectivity index (χ0n) is 9.49. The second-order valence-corrected chi connectivity index (χ2v) is 3.97. The van der Waals surface area contributed by atoms with Gasteiger partial charge in [0.05, 0.1) is 6.04 Å². The van der Waals surface area contributed by atoms with Crippen molar-refractivity contribution in [3.05, 3.63) is 42.0 Å². The molecule has 4 N–H and O–H groups in total. The van der Waals surface area contributed by atoms with Gasteiger partial charge in [-0.1, -0.05) is 0 Å². The summed E-state index contributed by atoms with van der Waals surface area (Å²) in [6, 6.07) is 6.07. The summed E-state index contributed by atoms with van der Waals surface area (Å²) in [6.07, 6.45) is 3.57. The van der Waals surface area contributed by atoms with E-state index in [1.54, 1.807) is 6.20 Å². The Morgan fingerprint density at radius 1 is 1.38 bits per heavy atom. The Hall–Kier alpha value is -1.97. The van der Waals surface area contributed by atoms with Crippen LogP contribution in [0.15, 0.2) is 30.6 Å². The molecule has 16 heavy (non-hydrogen) atoms. The predicted molar refractivity (Wildman–Crippen MR) is 66.2 cm³/mol. The molecule has 4 heteroatoms. The van der Waals surface area contributed by atoms with Crippen molar-refractivity contribution in [2.24, 2.45) is 0 Å². The zero-order chi connectivity index (χ0) is 11.5. The molecule has 4 nitrogen and oxygen atoms in total. The highest BCUT2D eigenvalue weighted by atomic mass is 15.0. The molecular formula is C12H16N4. The van der Waals surface area contributed by atoms with Crippen LogP contribution in [0.2, 0.25) is 0 Å². The van der Waals surface area contributed by atoms with Crippen LogP contribution in [-0.4, -0.2) is 9.97 Å². The molecule has 1 aromatic carbocycles. The molecule has 0 saturated heterocycles. The summed E-state index contributed by atoms with van der Waals surface area (Å²) in [4.78, 5) is 7.29. The van der Waals surface area contributed by atoms with Crippen LogP contribution in [0, 0.1) is 6.92 Å². The van der Waals surface area contributed by atoms with Crippen LogP contribution in [0.25, 0.3) is 0 Å². The van der Waals surface area contributed by atoms with Gasteiger partial charge in [0.1, 0.15) is 5.82 Å². The summed E-state index contributed by atoms with van der Waals surface area (Å²) >= 11 is 0. The van der Waals surface area contributed by atoms with E-state index >= 15 is 0 Å². The molecule has 1 heterocycles. The van der Waals surface area contributed by atoms with Crippen molar-refractivity contribution in [2.45, 2.75) is 19.9 Å². The maximum absolute atomic E-state index is 5.79. The van der Waals surface area contributed by atoms with Gasteiger partial charge in [-0.15, -0.1) is 0 Å². The van der Waals surface area contributed by atoms with E-state index in [-0.39, 0.29) is 6.04 Å². The Labute approximate surface area is 94.9 Å². The van der Waals surface area contributed by atoms with Gasteiger partial charge in [0.25, 0.3) is 0 Å². The standard InChI is InChI=1S/C12H16N4/c1-8-5-10(13)7-11(6-8)16-9(2)12-14-3-4-15-12/h3-7,9,16H,13H2,1-2H3,(H,14,15). The molecule has 0 fully saturated rings. The van der Waals surface area contributed by atoms with Gasteiger partial charge >= 0.3 is 0 Å². The maximum atomic E-state index is 5.79. The fraction of sp³-hybridized carbons (Fsp3) is 0.250. The topological polar surface area (TPSA) is 66.7 Å². The highest BCUT2D eigenvalue weighted by Crippen LogP contribution is 2.20. The normalized spacial score (nSPS) is 12.4. The van der Waals surface area contributed by atoms with Crippen LogP contribution in [0.1, 0.15) is 24.4 Å². The highest BCUT2D eigenvalue weighted by molar-refractivity contribution is 5.57. The van der Waals surface area contributed by atoms with Gasteiger partial charge in [-0.2, -0.15) is 0 Å². The number of H-pyrrole nitrogens is 1. The fourth-order valence-electron chi connectivity index (χ4n) is 1.73. The average Bonchev–Trinajstić information content (AvgIpc) is 2.68. The van der Waals surface area contributed by atoms with Crippen molar-refractivity contribution in [1.82, 2.24) is 9.97 Å². The minimum absolute atomic E-state index is 0.135. The SMILES string of the molecule is Cc1cc(N)cc(NC(C)c2ncc[nH]2)c1. The molecule has 84 valence electrons. The number of nitrogens with zero attached hydrogens (tertiary/aromatic N) is 1. The number of nitrogens with one attached hydrogen (secondary N) is 2. The summed E-state index contributed by atoms with van der Waals surface area (Å²) < 4.78 is 0. The number of anilines is 2. The Bertz CT molecular complexity index is 442. The first-order chi connectivity index (χ1) is 7.65. The third-order valence-corrected chi connectivity index (χ3v) is 2.41. The molecule has 0 saturated carbocycles. The number of benzene rings is 1. The molecule has 1 unspecified atom stereocenters. The van der Waals surface area contributed by atoms with Crippen molar-refractivity contribution >= 4 is 11.4 Å². The number of hydrogen-bond acceptors (Lipinski definition) is 3. The molecule has 1 atom stereocenters. The van der Waals surface area contributed by atoms with Crippen LogP contribution >= 0.6 is 0 Å². The molecule has 0 radical (unpaired) electrons. The van der Waals surface area contributed by atoms with E-state index in [0.717, 1.165) is 22.8 Å². The summed E-state index contributed by atoms with van der Waals surface area (Å²) in [6.45, 7) is 4.08. The Balaban J connectivity index is 2.15. The number of hydrogen-bond donors (Lipinski definition) is 3. The summed E-state index contributed by atoms with van der Waals surface area (Å²) in [5, 5.41) is 3.35. The van der Waals surface area contributed by atoms with Crippen molar-refractivity contribution in [1.29, 1.82) is 0 Å². The summed E-state index contributed by atoms with van der Waals surface area (Å²) in [5.41, 5.74) is 8.73. The number of nitrogen functional groups attached to an aromatic ring is 1. The number of rotatable bonds is 3. The lowest BCUT2D eigenvalue weighted by molar-refractivity contribution is 0.810. The molecule has 0 bridgehead atoms. The minimum atomic E-state index is 0.135. The third-order valence-electron chi connectivity index (χ3n) is 2.41. The number of nitrogens with two attached hydrogens (primary N) is 1. The minimum Gasteiger partial charge on any atom is -0.399 e. The zero-order valence-corrected chi connectivity index (χ0v) is 9.49. The van der Waals surface area contributed by atoms with Gasteiger partial charge in [0, 0.05) is 23.8 Å². The van der Waals surface area contributed by atoms with Gasteiger partial charge in [0.2, 0.25) is 0 Å². The van der Waals surface area contributed by atoms with Crippen LogP contribution < -0.4 is 11.1 Å². The molecule has 0 aliphatic heterocycles. The molecular weight excluding hydrogens is 200 g/mol. The van der Waals surface area contributed by atoms with Gasteiger partial charge < -0.3 is 16.0 Å². The number of aryl methyl sites for hydroxylation is 1. The number of aromatic nitrogens is 2. The van der Waals surface area contributed by atoms with Crippen molar-refractivity contribution < 1.29 is 0 Å². The van der Waals surface area contributed by atoms with Crippen molar-refractivity contribution in [2.75, 3.05) is 11.1 Å². The molecule has 2 aromatic rings. The average molecular weight is 216 g/mol. The van der Waals surface area contributed by atoms with Gasteiger partial charge in [-0.05, 0) is 37.6 Å². The van der Waals surface area contributed by atoms with Crippen LogP contribution in [0.4, 0.5) is 11.4 Å². The van der Waals surface area contributed by atoms with Crippen molar-refractivity contribution in [3.63, 3.8) is 0 Å². The van der Waals surface area contributed by atoms with E-state index in [1.165, 1.54) is 0 Å². The van der Waals surface area contributed by atoms with E-state index in [1.807, 2.05) is 25.3 Å². The van der Waals surface area contributed by atoms with E-state index in [9.17, 15) is 0 Å². The Kier molecular flexibility index (Phi) is 2.81. The lowest BCUT2D eigenvalue weighted by atomic mass is 10.2. The third kappa shape index (κ3) is 2.34. The predicted octanol–water partition coefficient (Wildman–Crippen LogP) is 2.47. The molecule has 2 rings (SSSR count). The number of imidazole rings is 1. The second kappa shape index (κ2) is 4.26. The van der Waals surface area contributed by atoms with Crippen LogP contribution in [0.5, 0.6) is 0 Å². The van der Waals surface area contributed by atoms with Crippen molar-refractivity contribution in [3.8, 4) is 0 Å². The van der Waals surface area contributed by atoms with Crippen LogP contribution in [0.3, 0.4) is 0 Å². The lowest BCUT2D eigenvalue weighted by Crippen LogP contribution is -2.08. The van der Waals surface area contributed by atoms with E-state index in [2.05, 4.69) is 28.3 Å². The second-order valence-electron chi connectivity index (χ2n) is 3.97. The van der Waals surface area contributed by atoms with E-state index in [0.29, 0.717) is 0 Å². The maximum Gasteiger partial charge on any atom is 0.128 e. The molecule has 0 aliphatic rings. The van der Waals surface area contributed by atoms with Gasteiger partial charge in [-0.3, -0.25) is 0 Å². The van der Waals surface area contributed by atoms with Gasteiger partial charge in [0.15, 0.2) is 0 Å². The smallest absolute Gasteiger partial charge is 0.128 e. The largest absolute Gasteiger partial charge is 0.399 e. The Morgan fingerprint density at radius 3 is 2.81 bits per heavy atom. The molecule has 0 amide bonds. The fourth-order valence-corrected chi connectivity index (χ4v) is 1.73. The molecule has 0 aliphatic carbocycles. The quantitative estimate of drug-likeness (QED) is 0.690. The van der Waals surface area contributed by atoms with Crippen LogP contribution in [-0.2, 0) is 0 Å². The van der Waals surface area contributed by atoms with Gasteiger partial charge in [-0.25, -0.2) is 4.98 Å². The summed E-state index contributed by atoms with van der Waals surface area (Å²) in [5.74, 6) is 0.917. The monoisotopic (exact) mass is 216 g/mol. The van der Waals surface area contributed by atoms with E-state index < -0.39 is 0 Å². The first-order valence-electron chi connectivity index (χ1n) is 5.28. The molecule has 1 aromatic heterocycles. The molecule has 0 spiro atoms. The Morgan fingerprint density at radius 2 is 2.19 bits per heavy atom. The lowest BCUT2D eigenvalue weighted by Gasteiger charge is -2.14. The number of aromatic amines is 1. The van der Waals surface area contributed by atoms with E-state index in [4.69, 9.17) is 5.73 Å². The highest BCUT2D eigenvalue weighted by Gasteiger charge is 2.07.